The van der Waals surface area contributed by atoms with Crippen molar-refractivity contribution < 1.29 is 13.7 Å². The quantitative estimate of drug-likeness (QED) is 0.838. The molecule has 0 saturated carbocycles. The fraction of sp³-hybridized carbons (Fsp3) is 0.0769. The summed E-state index contributed by atoms with van der Waals surface area (Å²) in [5, 5.41) is 9.14. The summed E-state index contributed by atoms with van der Waals surface area (Å²) in [4.78, 5) is 0.421. The van der Waals surface area contributed by atoms with Crippen molar-refractivity contribution in [1.29, 1.82) is 0 Å². The van der Waals surface area contributed by atoms with Crippen LogP contribution in [0, 0.1) is 5.82 Å². The second kappa shape index (κ2) is 5.18. The van der Waals surface area contributed by atoms with Crippen LogP contribution in [0.2, 0.25) is 0 Å². The Hall–Kier alpha value is -1.88. The monoisotopic (exact) mass is 265 g/mol. The van der Waals surface area contributed by atoms with Gasteiger partial charge in [0, 0.05) is 0 Å². The molecule has 0 spiro atoms. The SMILES string of the molecule is Nc1cc(F)ccc1S(=O)Cc1ccc(O)cc1. The van der Waals surface area contributed by atoms with E-state index in [0.717, 1.165) is 11.6 Å². The van der Waals surface area contributed by atoms with E-state index in [9.17, 15) is 8.60 Å². The van der Waals surface area contributed by atoms with Crippen LogP contribution in [0.1, 0.15) is 5.56 Å². The van der Waals surface area contributed by atoms with Crippen LogP contribution in [0.3, 0.4) is 0 Å². The second-order valence-corrected chi connectivity index (χ2v) is 5.26. The van der Waals surface area contributed by atoms with Gasteiger partial charge >= 0.3 is 0 Å². The summed E-state index contributed by atoms with van der Waals surface area (Å²) in [6.45, 7) is 0. The zero-order valence-electron chi connectivity index (χ0n) is 9.47. The molecule has 0 bridgehead atoms. The van der Waals surface area contributed by atoms with Crippen LogP contribution >= 0.6 is 0 Å². The molecule has 0 amide bonds. The van der Waals surface area contributed by atoms with Gasteiger partial charge in [0.15, 0.2) is 0 Å². The molecule has 1 unspecified atom stereocenters. The first-order chi connectivity index (χ1) is 8.56. The summed E-state index contributed by atoms with van der Waals surface area (Å²) in [5.41, 5.74) is 6.63. The van der Waals surface area contributed by atoms with E-state index in [-0.39, 0.29) is 17.2 Å². The lowest BCUT2D eigenvalue weighted by atomic mass is 10.2. The third-order valence-corrected chi connectivity index (χ3v) is 3.91. The molecular formula is C13H12FNO2S. The zero-order valence-corrected chi connectivity index (χ0v) is 10.3. The lowest BCUT2D eigenvalue weighted by Gasteiger charge is -2.06. The summed E-state index contributed by atoms with van der Waals surface area (Å²) in [7, 11) is -1.33. The van der Waals surface area contributed by atoms with Gasteiger partial charge in [0.2, 0.25) is 0 Å². The van der Waals surface area contributed by atoms with Gasteiger partial charge in [-0.25, -0.2) is 4.39 Å². The predicted molar refractivity (Wildman–Crippen MR) is 69.0 cm³/mol. The maximum atomic E-state index is 12.9. The average Bonchev–Trinajstić information content (AvgIpc) is 2.32. The number of benzene rings is 2. The molecule has 3 N–H and O–H groups in total. The van der Waals surface area contributed by atoms with Crippen molar-refractivity contribution in [3.63, 3.8) is 0 Å². The number of phenols is 1. The Balaban J connectivity index is 2.19. The molecule has 2 rings (SSSR count). The minimum atomic E-state index is -1.33. The number of nitrogen functional groups attached to an aromatic ring is 1. The Kier molecular flexibility index (Phi) is 3.62. The van der Waals surface area contributed by atoms with E-state index in [1.165, 1.54) is 24.3 Å². The topological polar surface area (TPSA) is 63.3 Å². The number of hydrogen-bond acceptors (Lipinski definition) is 3. The summed E-state index contributed by atoms with van der Waals surface area (Å²) in [6.07, 6.45) is 0. The van der Waals surface area contributed by atoms with Gasteiger partial charge in [-0.1, -0.05) is 12.1 Å². The Bertz CT molecular complexity index is 584. The summed E-state index contributed by atoms with van der Waals surface area (Å²) in [6, 6.07) is 10.3. The van der Waals surface area contributed by atoms with Crippen LogP contribution in [0.5, 0.6) is 5.75 Å². The molecule has 0 aliphatic heterocycles. The number of phenolic OH excluding ortho intramolecular Hbond substituents is 1. The molecule has 18 heavy (non-hydrogen) atoms. The van der Waals surface area contributed by atoms with E-state index in [0.29, 0.717) is 4.90 Å². The minimum Gasteiger partial charge on any atom is -0.508 e. The molecule has 3 nitrogen and oxygen atoms in total. The summed E-state index contributed by atoms with van der Waals surface area (Å²) in [5.74, 6) is -0.0143. The van der Waals surface area contributed by atoms with Crippen molar-refractivity contribution in [2.24, 2.45) is 0 Å². The molecule has 0 heterocycles. The molecule has 0 aliphatic rings. The van der Waals surface area contributed by atoms with E-state index in [4.69, 9.17) is 10.8 Å². The number of rotatable bonds is 3. The first-order valence-electron chi connectivity index (χ1n) is 5.27. The van der Waals surface area contributed by atoms with Crippen molar-refractivity contribution in [2.75, 3.05) is 5.73 Å². The van der Waals surface area contributed by atoms with Crippen LogP contribution in [0.25, 0.3) is 0 Å². The Morgan fingerprint density at radius 3 is 2.44 bits per heavy atom. The number of anilines is 1. The van der Waals surface area contributed by atoms with E-state index in [1.54, 1.807) is 12.1 Å². The highest BCUT2D eigenvalue weighted by Gasteiger charge is 2.09. The summed E-state index contributed by atoms with van der Waals surface area (Å²) < 4.78 is 25.0. The van der Waals surface area contributed by atoms with E-state index in [1.807, 2.05) is 0 Å². The number of hydrogen-bond donors (Lipinski definition) is 2. The molecule has 0 fully saturated rings. The highest BCUT2D eigenvalue weighted by Crippen LogP contribution is 2.21. The largest absolute Gasteiger partial charge is 0.508 e. The normalized spacial score (nSPS) is 12.3. The van der Waals surface area contributed by atoms with Crippen molar-refractivity contribution in [1.82, 2.24) is 0 Å². The Labute approximate surface area is 107 Å². The molecule has 94 valence electrons. The van der Waals surface area contributed by atoms with Crippen LogP contribution in [-0.4, -0.2) is 9.32 Å². The molecule has 0 aromatic heterocycles. The number of nitrogens with two attached hydrogens (primary N) is 1. The molecule has 5 heteroatoms. The predicted octanol–water partition coefficient (Wildman–Crippen LogP) is 2.42. The second-order valence-electron chi connectivity index (χ2n) is 3.84. The molecular weight excluding hydrogens is 253 g/mol. The third-order valence-electron chi connectivity index (χ3n) is 2.45. The Morgan fingerprint density at radius 1 is 1.17 bits per heavy atom. The lowest BCUT2D eigenvalue weighted by molar-refractivity contribution is 0.475. The average molecular weight is 265 g/mol. The van der Waals surface area contributed by atoms with Crippen LogP contribution < -0.4 is 5.73 Å². The maximum Gasteiger partial charge on any atom is 0.125 e. The number of aromatic hydroxyl groups is 1. The highest BCUT2D eigenvalue weighted by molar-refractivity contribution is 7.84. The maximum absolute atomic E-state index is 12.9. The molecule has 2 aromatic rings. The van der Waals surface area contributed by atoms with Gasteiger partial charge < -0.3 is 10.8 Å². The van der Waals surface area contributed by atoms with Crippen molar-refractivity contribution in [2.45, 2.75) is 10.6 Å². The fourth-order valence-electron chi connectivity index (χ4n) is 1.55. The van der Waals surface area contributed by atoms with Gasteiger partial charge in [-0.15, -0.1) is 0 Å². The number of halogens is 1. The molecule has 2 aromatic carbocycles. The third kappa shape index (κ3) is 2.87. The van der Waals surface area contributed by atoms with Crippen LogP contribution in [-0.2, 0) is 16.6 Å². The molecule has 0 aliphatic carbocycles. The van der Waals surface area contributed by atoms with Crippen molar-refractivity contribution in [3.8, 4) is 5.75 Å². The lowest BCUT2D eigenvalue weighted by Crippen LogP contribution is -2.01. The smallest absolute Gasteiger partial charge is 0.125 e. The van der Waals surface area contributed by atoms with Crippen LogP contribution in [0.15, 0.2) is 47.4 Å². The first kappa shape index (κ1) is 12.6. The molecule has 0 radical (unpaired) electrons. The standard InChI is InChI=1S/C13H12FNO2S/c14-10-3-6-13(12(15)7-10)18(17)8-9-1-4-11(16)5-2-9/h1-7,16H,8,15H2. The van der Waals surface area contributed by atoms with Gasteiger partial charge in [0.1, 0.15) is 11.6 Å². The van der Waals surface area contributed by atoms with Gasteiger partial charge in [-0.05, 0) is 35.9 Å². The van der Waals surface area contributed by atoms with Gasteiger partial charge in [-0.3, -0.25) is 4.21 Å². The molecule has 0 saturated heterocycles. The highest BCUT2D eigenvalue weighted by atomic mass is 32.2. The van der Waals surface area contributed by atoms with E-state index >= 15 is 0 Å². The van der Waals surface area contributed by atoms with Gasteiger partial charge in [-0.2, -0.15) is 0 Å². The first-order valence-corrected chi connectivity index (χ1v) is 6.59. The van der Waals surface area contributed by atoms with Crippen molar-refractivity contribution >= 4 is 16.5 Å². The van der Waals surface area contributed by atoms with Crippen molar-refractivity contribution in [3.05, 3.63) is 53.8 Å². The van der Waals surface area contributed by atoms with Crippen LogP contribution in [0.4, 0.5) is 10.1 Å². The summed E-state index contributed by atoms with van der Waals surface area (Å²) >= 11 is 0. The molecule has 1 atom stereocenters. The zero-order chi connectivity index (χ0) is 13.1. The fourth-order valence-corrected chi connectivity index (χ4v) is 2.74. The Morgan fingerprint density at radius 2 is 1.83 bits per heavy atom. The minimum absolute atomic E-state index is 0.158. The van der Waals surface area contributed by atoms with E-state index < -0.39 is 16.6 Å². The van der Waals surface area contributed by atoms with Gasteiger partial charge in [0.25, 0.3) is 0 Å². The van der Waals surface area contributed by atoms with Gasteiger partial charge in [0.05, 0.1) is 27.1 Å². The van der Waals surface area contributed by atoms with E-state index in [2.05, 4.69) is 0 Å².